The first-order chi connectivity index (χ1) is 18.3. The largest absolute Gasteiger partial charge is 0.459 e. The number of carbonyl (C=O) groups is 2. The maximum absolute atomic E-state index is 13.9. The van der Waals surface area contributed by atoms with Crippen LogP contribution in [0.25, 0.3) is 11.4 Å². The van der Waals surface area contributed by atoms with E-state index in [0.29, 0.717) is 75.2 Å². The monoisotopic (exact) mass is 544 g/mol. The molecule has 0 spiro atoms. The van der Waals surface area contributed by atoms with Crippen molar-refractivity contribution in [1.82, 2.24) is 24.1 Å². The zero-order chi connectivity index (χ0) is 28.5. The Morgan fingerprint density at radius 3 is 2.26 bits per heavy atom. The Hall–Kier alpha value is -3.41. The van der Waals surface area contributed by atoms with Gasteiger partial charge in [0.05, 0.1) is 18.9 Å². The molecule has 214 valence electrons. The number of fused-ring (bicyclic) bond motifs is 1. The first-order valence-corrected chi connectivity index (χ1v) is 13.5. The highest BCUT2D eigenvalue weighted by atomic mass is 16.6. The van der Waals surface area contributed by atoms with Crippen molar-refractivity contribution in [1.29, 1.82) is 0 Å². The highest BCUT2D eigenvalue weighted by Crippen LogP contribution is 2.24. The van der Waals surface area contributed by atoms with E-state index in [1.165, 1.54) is 4.52 Å². The molecule has 12 nitrogen and oxygen atoms in total. The van der Waals surface area contributed by atoms with Crippen LogP contribution in [0.2, 0.25) is 0 Å². The van der Waals surface area contributed by atoms with Crippen molar-refractivity contribution in [2.45, 2.75) is 79.1 Å². The van der Waals surface area contributed by atoms with Gasteiger partial charge >= 0.3 is 12.1 Å². The number of hydrogen-bond acceptors (Lipinski definition) is 9. The van der Waals surface area contributed by atoms with Gasteiger partial charge in [0.2, 0.25) is 5.78 Å². The molecule has 0 N–H and O–H groups in total. The minimum atomic E-state index is -0.661. The molecular weight excluding hydrogens is 504 g/mol. The third kappa shape index (κ3) is 6.60. The number of nitrogens with zero attached hydrogens (tertiary/aromatic N) is 6. The Morgan fingerprint density at radius 1 is 1.03 bits per heavy atom. The highest BCUT2D eigenvalue weighted by molar-refractivity contribution is 5.72. The number of anilines is 1. The smallest absolute Gasteiger partial charge is 0.410 e. The lowest BCUT2D eigenvalue weighted by atomic mass is 10.1. The summed E-state index contributed by atoms with van der Waals surface area (Å²) >= 11 is 0. The lowest BCUT2D eigenvalue weighted by molar-refractivity contribution is -0.155. The molecule has 0 unspecified atom stereocenters. The standard InChI is InChI=1S/C27H40N6O6/c1-8-19-21(30-11-13-31(14-12-30)25(36)39-27(5,6)7)23(35)33-24(32(19)17-20(34)38-26(2,3)4)28-22(29-33)18-9-15-37-16-10-18/h9H,8,10-17H2,1-7H3. The van der Waals surface area contributed by atoms with E-state index >= 15 is 0 Å². The van der Waals surface area contributed by atoms with Gasteiger partial charge in [0.1, 0.15) is 23.4 Å². The van der Waals surface area contributed by atoms with Crippen LogP contribution < -0.4 is 10.5 Å². The SMILES string of the molecule is CCc1c(N2CCN(C(=O)OC(C)(C)C)CC2)c(=O)n2nc(C3=CCOCC3)nc2n1CC(=O)OC(C)(C)C. The number of piperazine rings is 1. The van der Waals surface area contributed by atoms with Crippen LogP contribution in [-0.2, 0) is 32.0 Å². The van der Waals surface area contributed by atoms with Crippen molar-refractivity contribution < 1.29 is 23.8 Å². The van der Waals surface area contributed by atoms with Crippen molar-refractivity contribution in [3.05, 3.63) is 27.9 Å². The lowest BCUT2D eigenvalue weighted by Crippen LogP contribution is -2.51. The topological polar surface area (TPSA) is 121 Å². The van der Waals surface area contributed by atoms with Crippen LogP contribution in [-0.4, -0.2) is 86.7 Å². The average Bonchev–Trinajstić information content (AvgIpc) is 3.30. The summed E-state index contributed by atoms with van der Waals surface area (Å²) in [5, 5.41) is 4.58. The molecule has 4 rings (SSSR count). The summed E-state index contributed by atoms with van der Waals surface area (Å²) in [6, 6.07) is 0. The van der Waals surface area contributed by atoms with Crippen LogP contribution in [0.3, 0.4) is 0 Å². The first-order valence-electron chi connectivity index (χ1n) is 13.5. The number of amides is 1. The minimum absolute atomic E-state index is 0.116. The summed E-state index contributed by atoms with van der Waals surface area (Å²) in [5.74, 6) is 0.307. The molecule has 1 amide bonds. The van der Waals surface area contributed by atoms with Crippen LogP contribution in [0, 0.1) is 0 Å². The molecule has 1 fully saturated rings. The number of hydrogen-bond donors (Lipinski definition) is 0. The maximum atomic E-state index is 13.9. The fraction of sp³-hybridized carbons (Fsp3) is 0.667. The summed E-state index contributed by atoms with van der Waals surface area (Å²) < 4.78 is 19.6. The molecule has 0 aliphatic carbocycles. The number of esters is 1. The van der Waals surface area contributed by atoms with Gasteiger partial charge in [-0.05, 0) is 60.0 Å². The van der Waals surface area contributed by atoms with Gasteiger partial charge in [-0.2, -0.15) is 9.50 Å². The van der Waals surface area contributed by atoms with Gasteiger partial charge in [0, 0.05) is 26.2 Å². The molecule has 2 aromatic heterocycles. The lowest BCUT2D eigenvalue weighted by Gasteiger charge is -2.37. The molecular formula is C27H40N6O6. The van der Waals surface area contributed by atoms with Gasteiger partial charge in [-0.3, -0.25) is 9.59 Å². The summed E-state index contributed by atoms with van der Waals surface area (Å²) in [6.07, 6.45) is 2.66. The second kappa shape index (κ2) is 11.0. The van der Waals surface area contributed by atoms with Gasteiger partial charge in [-0.1, -0.05) is 13.0 Å². The van der Waals surface area contributed by atoms with Gasteiger partial charge in [0.15, 0.2) is 5.82 Å². The predicted octanol–water partition coefficient (Wildman–Crippen LogP) is 2.66. The van der Waals surface area contributed by atoms with Crippen LogP contribution >= 0.6 is 0 Å². The Bertz CT molecular complexity index is 1320. The van der Waals surface area contributed by atoms with Crippen molar-refractivity contribution in [3.63, 3.8) is 0 Å². The predicted molar refractivity (Wildman–Crippen MR) is 146 cm³/mol. The molecule has 1 saturated heterocycles. The Kier molecular flexibility index (Phi) is 8.06. The molecule has 2 aliphatic heterocycles. The van der Waals surface area contributed by atoms with Crippen LogP contribution in [0.5, 0.6) is 0 Å². The zero-order valence-corrected chi connectivity index (χ0v) is 24.1. The molecule has 39 heavy (non-hydrogen) atoms. The van der Waals surface area contributed by atoms with E-state index in [1.807, 2.05) is 59.4 Å². The molecule has 0 saturated carbocycles. The normalized spacial score (nSPS) is 16.8. The summed E-state index contributed by atoms with van der Waals surface area (Å²) in [4.78, 5) is 47.8. The van der Waals surface area contributed by atoms with Gasteiger partial charge in [-0.25, -0.2) is 4.79 Å². The van der Waals surface area contributed by atoms with Crippen LogP contribution in [0.15, 0.2) is 10.9 Å². The van der Waals surface area contributed by atoms with Crippen LogP contribution in [0.1, 0.15) is 66.4 Å². The third-order valence-corrected chi connectivity index (χ3v) is 6.37. The van der Waals surface area contributed by atoms with Crippen LogP contribution in [0.4, 0.5) is 10.5 Å². The molecule has 2 aromatic rings. The van der Waals surface area contributed by atoms with Crippen molar-refractivity contribution in [2.24, 2.45) is 0 Å². The Labute approximate surface area is 228 Å². The van der Waals surface area contributed by atoms with Gasteiger partial charge < -0.3 is 28.6 Å². The maximum Gasteiger partial charge on any atom is 0.410 e. The molecule has 4 heterocycles. The first kappa shape index (κ1) is 28.6. The van der Waals surface area contributed by atoms with E-state index in [9.17, 15) is 14.4 Å². The Balaban J connectivity index is 1.75. The van der Waals surface area contributed by atoms with Gasteiger partial charge in [0.25, 0.3) is 5.56 Å². The second-order valence-corrected chi connectivity index (χ2v) is 11.8. The molecule has 2 aliphatic rings. The van der Waals surface area contributed by atoms with Crippen molar-refractivity contribution in [3.8, 4) is 0 Å². The van der Waals surface area contributed by atoms with E-state index in [-0.39, 0.29) is 18.2 Å². The van der Waals surface area contributed by atoms with E-state index in [4.69, 9.17) is 19.2 Å². The number of rotatable bonds is 5. The van der Waals surface area contributed by atoms with Crippen molar-refractivity contribution >= 4 is 29.1 Å². The van der Waals surface area contributed by atoms with E-state index in [1.54, 1.807) is 9.47 Å². The molecule has 0 aromatic carbocycles. The molecule has 0 bridgehead atoms. The number of carbonyl (C=O) groups excluding carboxylic acids is 2. The summed E-state index contributed by atoms with van der Waals surface area (Å²) in [6.45, 7) is 15.4. The number of aromatic nitrogens is 4. The third-order valence-electron chi connectivity index (χ3n) is 6.37. The molecule has 12 heteroatoms. The summed E-state index contributed by atoms with van der Waals surface area (Å²) in [5.41, 5.74) is 0.469. The fourth-order valence-corrected chi connectivity index (χ4v) is 4.74. The highest BCUT2D eigenvalue weighted by Gasteiger charge is 2.31. The second-order valence-electron chi connectivity index (χ2n) is 11.8. The fourth-order valence-electron chi connectivity index (χ4n) is 4.74. The van der Waals surface area contributed by atoms with E-state index < -0.39 is 17.2 Å². The summed E-state index contributed by atoms with van der Waals surface area (Å²) in [7, 11) is 0. The van der Waals surface area contributed by atoms with E-state index in [2.05, 4.69) is 5.10 Å². The minimum Gasteiger partial charge on any atom is -0.459 e. The van der Waals surface area contributed by atoms with Gasteiger partial charge in [-0.15, -0.1) is 5.10 Å². The van der Waals surface area contributed by atoms with E-state index in [0.717, 1.165) is 5.57 Å². The quantitative estimate of drug-likeness (QED) is 0.523. The van der Waals surface area contributed by atoms with Crippen molar-refractivity contribution in [2.75, 3.05) is 44.3 Å². The zero-order valence-electron chi connectivity index (χ0n) is 24.1. The average molecular weight is 545 g/mol. The molecule has 0 radical (unpaired) electrons. The Morgan fingerprint density at radius 2 is 1.69 bits per heavy atom. The number of ether oxygens (including phenoxy) is 3. The molecule has 0 atom stereocenters.